The number of nitrogens with two attached hydrogens (primary N) is 1. The molecule has 3 aromatic rings. The molecule has 0 fully saturated rings. The predicted octanol–water partition coefficient (Wildman–Crippen LogP) is 4.49. The Morgan fingerprint density at radius 3 is 2.33 bits per heavy atom. The first-order valence-corrected chi connectivity index (χ1v) is 7.03. The molecule has 0 bridgehead atoms. The lowest BCUT2D eigenvalue weighted by molar-refractivity contribution is 1.25. The minimum atomic E-state index is 0.747. The zero-order valence-electron chi connectivity index (χ0n) is 12.6. The fourth-order valence-electron chi connectivity index (χ4n) is 2.68. The van der Waals surface area contributed by atoms with Crippen molar-refractivity contribution in [2.75, 3.05) is 11.1 Å². The smallest absolute Gasteiger partial charge is 0.0727 e. The molecular weight excluding hydrogens is 258 g/mol. The molecule has 3 rings (SSSR count). The molecule has 1 aromatic heterocycles. The van der Waals surface area contributed by atoms with Crippen LogP contribution in [-0.4, -0.2) is 4.98 Å². The molecule has 0 aliphatic heterocycles. The van der Waals surface area contributed by atoms with Gasteiger partial charge in [0.15, 0.2) is 0 Å². The maximum atomic E-state index is 5.92. The van der Waals surface area contributed by atoms with E-state index >= 15 is 0 Å². The first-order valence-electron chi connectivity index (χ1n) is 7.03. The number of fused-ring (bicyclic) bond motifs is 1. The molecule has 0 atom stereocenters. The van der Waals surface area contributed by atoms with Crippen molar-refractivity contribution >= 4 is 28.0 Å². The quantitative estimate of drug-likeness (QED) is 0.679. The molecule has 0 unspecified atom stereocenters. The average Bonchev–Trinajstić information content (AvgIpc) is 2.38. The number of aryl methyl sites for hydroxylation is 3. The fourth-order valence-corrected chi connectivity index (χ4v) is 2.68. The van der Waals surface area contributed by atoms with E-state index in [2.05, 4.69) is 48.4 Å². The third-order valence-electron chi connectivity index (χ3n) is 3.46. The van der Waals surface area contributed by atoms with E-state index in [1.807, 2.05) is 25.1 Å². The van der Waals surface area contributed by atoms with E-state index in [-0.39, 0.29) is 0 Å². The molecule has 0 amide bonds. The summed E-state index contributed by atoms with van der Waals surface area (Å²) < 4.78 is 0. The van der Waals surface area contributed by atoms with Crippen LogP contribution in [-0.2, 0) is 0 Å². The summed E-state index contributed by atoms with van der Waals surface area (Å²) in [5.74, 6) is 0. The summed E-state index contributed by atoms with van der Waals surface area (Å²) >= 11 is 0. The highest BCUT2D eigenvalue weighted by Gasteiger charge is 2.06. The monoisotopic (exact) mass is 277 g/mol. The van der Waals surface area contributed by atoms with E-state index in [0.29, 0.717) is 0 Å². The van der Waals surface area contributed by atoms with Gasteiger partial charge in [-0.2, -0.15) is 0 Å². The summed E-state index contributed by atoms with van der Waals surface area (Å²) in [5.41, 5.74) is 13.2. The van der Waals surface area contributed by atoms with Gasteiger partial charge in [0.1, 0.15) is 0 Å². The van der Waals surface area contributed by atoms with Crippen molar-refractivity contribution in [1.29, 1.82) is 0 Å². The molecule has 0 aliphatic carbocycles. The molecule has 106 valence electrons. The Morgan fingerprint density at radius 2 is 1.62 bits per heavy atom. The van der Waals surface area contributed by atoms with Crippen LogP contribution in [0.3, 0.4) is 0 Å². The second-order valence-electron chi connectivity index (χ2n) is 5.59. The van der Waals surface area contributed by atoms with Crippen LogP contribution in [0.15, 0.2) is 42.5 Å². The molecular formula is C18H19N3. The SMILES string of the molecule is Cc1cc(C)cc(Nc2cc(C)nc3ccc(N)cc23)c1. The lowest BCUT2D eigenvalue weighted by Crippen LogP contribution is -1.96. The summed E-state index contributed by atoms with van der Waals surface area (Å²) in [7, 11) is 0. The van der Waals surface area contributed by atoms with E-state index in [1.165, 1.54) is 11.1 Å². The Labute approximate surface area is 124 Å². The highest BCUT2D eigenvalue weighted by Crippen LogP contribution is 2.28. The Balaban J connectivity index is 2.13. The van der Waals surface area contributed by atoms with Crippen LogP contribution in [0.25, 0.3) is 10.9 Å². The molecule has 3 nitrogen and oxygen atoms in total. The predicted molar refractivity (Wildman–Crippen MR) is 90.1 cm³/mol. The van der Waals surface area contributed by atoms with Crippen molar-refractivity contribution in [3.63, 3.8) is 0 Å². The van der Waals surface area contributed by atoms with Gasteiger partial charge >= 0.3 is 0 Å². The van der Waals surface area contributed by atoms with Crippen LogP contribution >= 0.6 is 0 Å². The van der Waals surface area contributed by atoms with Gasteiger partial charge in [-0.05, 0) is 68.3 Å². The molecule has 0 radical (unpaired) electrons. The van der Waals surface area contributed by atoms with E-state index in [0.717, 1.165) is 33.7 Å². The van der Waals surface area contributed by atoms with Crippen LogP contribution in [0.1, 0.15) is 16.8 Å². The Morgan fingerprint density at radius 1 is 0.905 bits per heavy atom. The van der Waals surface area contributed by atoms with Crippen molar-refractivity contribution in [1.82, 2.24) is 4.98 Å². The maximum Gasteiger partial charge on any atom is 0.0727 e. The van der Waals surface area contributed by atoms with Crippen LogP contribution in [0.4, 0.5) is 17.1 Å². The largest absolute Gasteiger partial charge is 0.399 e. The lowest BCUT2D eigenvalue weighted by atomic mass is 10.1. The van der Waals surface area contributed by atoms with E-state index < -0.39 is 0 Å². The van der Waals surface area contributed by atoms with E-state index in [1.54, 1.807) is 0 Å². The minimum absolute atomic E-state index is 0.747. The topological polar surface area (TPSA) is 50.9 Å². The minimum Gasteiger partial charge on any atom is -0.399 e. The van der Waals surface area contributed by atoms with Crippen LogP contribution in [0.5, 0.6) is 0 Å². The first kappa shape index (κ1) is 13.4. The van der Waals surface area contributed by atoms with Crippen molar-refractivity contribution in [2.24, 2.45) is 0 Å². The molecule has 3 heteroatoms. The fraction of sp³-hybridized carbons (Fsp3) is 0.167. The molecule has 0 spiro atoms. The van der Waals surface area contributed by atoms with Crippen LogP contribution in [0.2, 0.25) is 0 Å². The number of rotatable bonds is 2. The van der Waals surface area contributed by atoms with E-state index in [9.17, 15) is 0 Å². The lowest BCUT2D eigenvalue weighted by Gasteiger charge is -2.12. The van der Waals surface area contributed by atoms with Gasteiger partial charge in [-0.25, -0.2) is 0 Å². The molecule has 0 saturated heterocycles. The summed E-state index contributed by atoms with van der Waals surface area (Å²) in [5, 5.41) is 4.54. The average molecular weight is 277 g/mol. The molecule has 0 aliphatic rings. The highest BCUT2D eigenvalue weighted by atomic mass is 14.9. The number of pyridine rings is 1. The summed E-state index contributed by atoms with van der Waals surface area (Å²) in [4.78, 5) is 4.56. The third kappa shape index (κ3) is 2.82. The summed E-state index contributed by atoms with van der Waals surface area (Å²) in [6, 6.07) is 14.3. The van der Waals surface area contributed by atoms with Gasteiger partial charge in [-0.3, -0.25) is 4.98 Å². The van der Waals surface area contributed by atoms with E-state index in [4.69, 9.17) is 5.73 Å². The number of benzene rings is 2. The molecule has 2 aromatic carbocycles. The molecule has 3 N–H and O–H groups in total. The van der Waals surface area contributed by atoms with Gasteiger partial charge < -0.3 is 11.1 Å². The zero-order chi connectivity index (χ0) is 15.0. The number of nitrogens with one attached hydrogen (secondary N) is 1. The second-order valence-corrected chi connectivity index (χ2v) is 5.59. The van der Waals surface area contributed by atoms with Gasteiger partial charge in [0.05, 0.1) is 5.52 Å². The Kier molecular flexibility index (Phi) is 3.26. The van der Waals surface area contributed by atoms with Gasteiger partial charge in [0, 0.05) is 28.1 Å². The van der Waals surface area contributed by atoms with Crippen molar-refractivity contribution in [3.8, 4) is 0 Å². The van der Waals surface area contributed by atoms with Crippen LogP contribution in [0, 0.1) is 20.8 Å². The number of nitrogen functional groups attached to an aromatic ring is 1. The number of aromatic nitrogens is 1. The van der Waals surface area contributed by atoms with Crippen molar-refractivity contribution in [3.05, 3.63) is 59.3 Å². The summed E-state index contributed by atoms with van der Waals surface area (Å²) in [6.45, 7) is 6.21. The second kappa shape index (κ2) is 5.09. The Bertz CT molecular complexity index is 802. The first-order chi connectivity index (χ1) is 10.0. The molecule has 1 heterocycles. The number of hydrogen-bond donors (Lipinski definition) is 2. The highest BCUT2D eigenvalue weighted by molar-refractivity contribution is 5.95. The van der Waals surface area contributed by atoms with Gasteiger partial charge in [-0.1, -0.05) is 6.07 Å². The normalized spacial score (nSPS) is 10.8. The van der Waals surface area contributed by atoms with Gasteiger partial charge in [0.2, 0.25) is 0 Å². The zero-order valence-corrected chi connectivity index (χ0v) is 12.6. The van der Waals surface area contributed by atoms with Gasteiger partial charge in [-0.15, -0.1) is 0 Å². The Hall–Kier alpha value is -2.55. The molecule has 0 saturated carbocycles. The van der Waals surface area contributed by atoms with Crippen molar-refractivity contribution in [2.45, 2.75) is 20.8 Å². The standard InChI is InChI=1S/C18H19N3/c1-11-6-12(2)8-15(7-11)21-18-9-13(3)20-17-5-4-14(19)10-16(17)18/h4-10H,19H2,1-3H3,(H,20,21). The third-order valence-corrected chi connectivity index (χ3v) is 3.46. The number of nitrogens with zero attached hydrogens (tertiary/aromatic N) is 1. The maximum absolute atomic E-state index is 5.92. The van der Waals surface area contributed by atoms with Gasteiger partial charge in [0.25, 0.3) is 0 Å². The number of hydrogen-bond acceptors (Lipinski definition) is 3. The van der Waals surface area contributed by atoms with Crippen molar-refractivity contribution < 1.29 is 0 Å². The number of anilines is 3. The van der Waals surface area contributed by atoms with Crippen LogP contribution < -0.4 is 11.1 Å². The summed E-state index contributed by atoms with van der Waals surface area (Å²) in [6.07, 6.45) is 0. The molecule has 21 heavy (non-hydrogen) atoms.